The molecule has 0 atom stereocenters. The molecule has 1 N–H and O–H groups in total. The number of hydrogen-bond donors (Lipinski definition) is 1. The van der Waals surface area contributed by atoms with Gasteiger partial charge in [0.2, 0.25) is 0 Å². The van der Waals surface area contributed by atoms with Crippen LogP contribution in [0.2, 0.25) is 0 Å². The van der Waals surface area contributed by atoms with Crippen molar-refractivity contribution in [2.24, 2.45) is 0 Å². The number of rotatable bonds is 2. The van der Waals surface area contributed by atoms with E-state index in [1.54, 1.807) is 0 Å². The van der Waals surface area contributed by atoms with E-state index in [2.05, 4.69) is 0 Å². The van der Waals surface area contributed by atoms with Crippen molar-refractivity contribution in [3.8, 4) is 0 Å². The zero-order valence-electron chi connectivity index (χ0n) is 4.37. The van der Waals surface area contributed by atoms with Gasteiger partial charge in [-0.2, -0.15) is 0 Å². The van der Waals surface area contributed by atoms with E-state index in [1.165, 1.54) is 0 Å². The fourth-order valence-electron chi connectivity index (χ4n) is 0.211. The van der Waals surface area contributed by atoms with E-state index in [0.29, 0.717) is 0 Å². The Kier molecular flexibility index (Phi) is 4.41. The predicted molar refractivity (Wildman–Crippen MR) is 38.6 cm³/mol. The van der Waals surface area contributed by atoms with Crippen LogP contribution < -0.4 is 0 Å². The van der Waals surface area contributed by atoms with Crippen LogP contribution in [0.3, 0.4) is 0 Å². The van der Waals surface area contributed by atoms with Crippen molar-refractivity contribution in [2.45, 2.75) is 0 Å². The Labute approximate surface area is 65.8 Å². The summed E-state index contributed by atoms with van der Waals surface area (Å²) in [5.41, 5.74) is 2.02. The van der Waals surface area contributed by atoms with Gasteiger partial charge in [-0.05, 0) is 0 Å². The minimum atomic E-state index is -3.89. The van der Waals surface area contributed by atoms with Gasteiger partial charge < -0.3 is 0 Å². The van der Waals surface area contributed by atoms with Gasteiger partial charge in [0.05, 0.1) is 0 Å². The Morgan fingerprint density at radius 3 is 1.78 bits per heavy atom. The van der Waals surface area contributed by atoms with Gasteiger partial charge in [-0.3, -0.25) is 0 Å². The molecule has 0 unspecified atom stereocenters. The molecule has 52 valence electrons. The molecule has 0 saturated heterocycles. The second-order valence-corrected chi connectivity index (χ2v) is 5.80. The van der Waals surface area contributed by atoms with Crippen molar-refractivity contribution >= 4 is 37.0 Å². The van der Waals surface area contributed by atoms with Gasteiger partial charge in [-0.1, -0.05) is 0 Å². The summed E-state index contributed by atoms with van der Waals surface area (Å²) in [6.45, 7) is 0. The van der Waals surface area contributed by atoms with Crippen molar-refractivity contribution < 1.29 is 7.84 Å². The van der Waals surface area contributed by atoms with Crippen LogP contribution in [-0.2, 0) is 3.74 Å². The van der Waals surface area contributed by atoms with E-state index in [9.17, 15) is 3.74 Å². The molecule has 2 nitrogen and oxygen atoms in total. The van der Waals surface area contributed by atoms with Crippen LogP contribution in [0, 0.1) is 0 Å². The maximum absolute atomic E-state index is 10.7. The van der Waals surface area contributed by atoms with Crippen LogP contribution in [0.15, 0.2) is 20.8 Å². The molecule has 0 bridgehead atoms. The monoisotopic (exact) mass is 230 g/mol. The molecule has 0 spiro atoms. The van der Waals surface area contributed by atoms with Gasteiger partial charge in [0.15, 0.2) is 0 Å². The summed E-state index contributed by atoms with van der Waals surface area (Å²) in [6.07, 6.45) is 0. The van der Waals surface area contributed by atoms with Crippen LogP contribution in [0.4, 0.5) is 0 Å². The summed E-state index contributed by atoms with van der Waals surface area (Å²) >= 11 is 6.21. The fraction of sp³-hybridized carbons (Fsp3) is 0. The molecule has 9 heavy (non-hydrogen) atoms. The molecule has 0 aliphatic carbocycles. The van der Waals surface area contributed by atoms with Crippen molar-refractivity contribution in [3.63, 3.8) is 0 Å². The van der Waals surface area contributed by atoms with Crippen LogP contribution in [0.1, 0.15) is 0 Å². The molecule has 0 aliphatic rings. The molecule has 0 radical (unpaired) electrons. The van der Waals surface area contributed by atoms with E-state index in [1.807, 2.05) is 0 Å². The zero-order valence-corrected chi connectivity index (χ0v) is 7.76. The first-order valence-corrected chi connectivity index (χ1v) is 6.65. The second-order valence-electron chi connectivity index (χ2n) is 1.22. The third-order valence-electron chi connectivity index (χ3n) is 0.540. The molecule has 0 rings (SSSR count). The Balaban J connectivity index is 4.21. The van der Waals surface area contributed by atoms with E-state index >= 15 is 0 Å². The Morgan fingerprint density at radius 2 is 1.56 bits per heavy atom. The van der Waals surface area contributed by atoms with Gasteiger partial charge in [0.1, 0.15) is 0 Å². The normalized spacial score (nSPS) is 19.0. The second kappa shape index (κ2) is 4.23. The first-order chi connectivity index (χ1) is 4.12. The molecule has 0 aromatic heterocycles. The van der Waals surface area contributed by atoms with Crippen molar-refractivity contribution in [1.29, 1.82) is 0 Å². The minimum absolute atomic E-state index is 1.01. The van der Waals surface area contributed by atoms with Gasteiger partial charge in [-0.25, -0.2) is 0 Å². The van der Waals surface area contributed by atoms with Gasteiger partial charge >= 0.3 is 65.7 Å². The average molecular weight is 231 g/mol. The quantitative estimate of drug-likeness (QED) is 0.730. The molecule has 0 saturated carbocycles. The first-order valence-electron chi connectivity index (χ1n) is 2.00. The standard InChI is InChI=1S/C4H5AsCl2O2/c6-3-1-5(8,9)2-4-7/h1-4H,(H,8,9). The SMILES string of the molecule is O=[As](O)(C=CCl)C=CCl. The third-order valence-corrected chi connectivity index (χ3v) is 3.98. The summed E-state index contributed by atoms with van der Waals surface area (Å²) in [5, 5.41) is 0. The maximum atomic E-state index is 10.7. The van der Waals surface area contributed by atoms with Crippen molar-refractivity contribution in [3.05, 3.63) is 20.8 Å². The Morgan fingerprint density at radius 1 is 1.22 bits per heavy atom. The van der Waals surface area contributed by atoms with E-state index < -0.39 is 13.8 Å². The molecular formula is C4H5AsCl2O2. The first kappa shape index (κ1) is 9.38. The van der Waals surface area contributed by atoms with Crippen LogP contribution in [0.5, 0.6) is 0 Å². The number of halogens is 2. The molecule has 0 aromatic rings. The third kappa shape index (κ3) is 4.86. The molecule has 0 aromatic carbocycles. The van der Waals surface area contributed by atoms with Crippen LogP contribution in [-0.4, -0.2) is 17.9 Å². The molecule has 0 heterocycles. The summed E-state index contributed by atoms with van der Waals surface area (Å²) in [6, 6.07) is 0. The van der Waals surface area contributed by atoms with Crippen molar-refractivity contribution in [2.75, 3.05) is 0 Å². The topological polar surface area (TPSA) is 37.3 Å². The zero-order chi connectivity index (χ0) is 7.33. The van der Waals surface area contributed by atoms with Gasteiger partial charge in [-0.15, -0.1) is 0 Å². The summed E-state index contributed by atoms with van der Waals surface area (Å²) in [4.78, 5) is 2.08. The summed E-state index contributed by atoms with van der Waals surface area (Å²) in [7, 11) is 0. The van der Waals surface area contributed by atoms with E-state index in [0.717, 1.165) is 20.8 Å². The average Bonchev–Trinajstić information content (AvgIpc) is 1.64. The van der Waals surface area contributed by atoms with E-state index in [-0.39, 0.29) is 0 Å². The van der Waals surface area contributed by atoms with E-state index in [4.69, 9.17) is 27.3 Å². The molecular weight excluding hydrogens is 226 g/mol. The fourth-order valence-corrected chi connectivity index (χ4v) is 2.78. The van der Waals surface area contributed by atoms with Gasteiger partial charge in [0, 0.05) is 0 Å². The molecule has 0 fully saturated rings. The Hall–Kier alpha value is 0.378. The molecule has 0 amide bonds. The predicted octanol–water partition coefficient (Wildman–Crippen LogP) is 1.43. The van der Waals surface area contributed by atoms with Crippen LogP contribution in [0.25, 0.3) is 0 Å². The Bertz CT molecular complexity index is 159. The molecule has 0 aliphatic heterocycles. The van der Waals surface area contributed by atoms with Crippen molar-refractivity contribution in [1.82, 2.24) is 0 Å². The number of hydrogen-bond acceptors (Lipinski definition) is 1. The summed E-state index contributed by atoms with van der Waals surface area (Å²) < 4.78 is 19.5. The summed E-state index contributed by atoms with van der Waals surface area (Å²) in [5.74, 6) is 0. The van der Waals surface area contributed by atoms with Gasteiger partial charge in [0.25, 0.3) is 0 Å². The van der Waals surface area contributed by atoms with Crippen LogP contribution >= 0.6 is 23.2 Å². The molecule has 5 heteroatoms.